The second-order valence-corrected chi connectivity index (χ2v) is 7.28. The zero-order valence-corrected chi connectivity index (χ0v) is 15.6. The molecule has 2 aliphatic heterocycles. The number of pyridine rings is 1. The van der Waals surface area contributed by atoms with Gasteiger partial charge in [-0.1, -0.05) is 12.1 Å². The van der Waals surface area contributed by atoms with E-state index in [-0.39, 0.29) is 12.1 Å². The zero-order chi connectivity index (χ0) is 17.4. The number of halogens is 1. The molecule has 0 saturated carbocycles. The average molecular weight is 403 g/mol. The van der Waals surface area contributed by atoms with E-state index in [1.165, 1.54) is 5.56 Å². The molecular formula is C19H19BrN2O3. The van der Waals surface area contributed by atoms with Crippen LogP contribution in [0.5, 0.6) is 0 Å². The van der Waals surface area contributed by atoms with Crippen LogP contribution in [0.2, 0.25) is 0 Å². The van der Waals surface area contributed by atoms with Gasteiger partial charge in [-0.15, -0.1) is 0 Å². The SMILES string of the molecule is Cc1c(C2CN(Cc3ccc(Br)nc3)CCO2)ccc2c1COC2=O. The zero-order valence-electron chi connectivity index (χ0n) is 14.0. The number of ether oxygens (including phenoxy) is 2. The van der Waals surface area contributed by atoms with Crippen molar-refractivity contribution in [1.29, 1.82) is 0 Å². The van der Waals surface area contributed by atoms with Crippen LogP contribution in [0.1, 0.15) is 38.7 Å². The van der Waals surface area contributed by atoms with Crippen LogP contribution in [0.25, 0.3) is 0 Å². The second kappa shape index (κ2) is 6.86. The lowest BCUT2D eigenvalue weighted by molar-refractivity contribution is -0.0332. The minimum Gasteiger partial charge on any atom is -0.457 e. The highest BCUT2D eigenvalue weighted by atomic mass is 79.9. The third kappa shape index (κ3) is 3.34. The van der Waals surface area contributed by atoms with Crippen LogP contribution in [0, 0.1) is 6.92 Å². The highest BCUT2D eigenvalue weighted by Gasteiger charge is 2.28. The number of rotatable bonds is 3. The van der Waals surface area contributed by atoms with E-state index in [9.17, 15) is 4.79 Å². The summed E-state index contributed by atoms with van der Waals surface area (Å²) in [6, 6.07) is 7.93. The van der Waals surface area contributed by atoms with Crippen molar-refractivity contribution in [2.45, 2.75) is 26.2 Å². The van der Waals surface area contributed by atoms with Crippen molar-refractivity contribution in [3.8, 4) is 0 Å². The van der Waals surface area contributed by atoms with Crippen molar-refractivity contribution < 1.29 is 14.3 Å². The van der Waals surface area contributed by atoms with Crippen LogP contribution in [0.3, 0.4) is 0 Å². The first kappa shape index (κ1) is 16.7. The van der Waals surface area contributed by atoms with E-state index in [1.54, 1.807) is 0 Å². The van der Waals surface area contributed by atoms with Gasteiger partial charge in [-0.05, 0) is 51.7 Å². The Morgan fingerprint density at radius 1 is 1.32 bits per heavy atom. The first-order chi connectivity index (χ1) is 12.1. The first-order valence-corrected chi connectivity index (χ1v) is 9.15. The van der Waals surface area contributed by atoms with Crippen molar-refractivity contribution >= 4 is 21.9 Å². The molecule has 0 aliphatic carbocycles. The number of morpholine rings is 1. The maximum Gasteiger partial charge on any atom is 0.338 e. The number of carbonyl (C=O) groups is 1. The summed E-state index contributed by atoms with van der Waals surface area (Å²) in [6.45, 7) is 5.70. The van der Waals surface area contributed by atoms with Gasteiger partial charge in [-0.3, -0.25) is 4.90 Å². The molecule has 6 heteroatoms. The molecule has 0 N–H and O–H groups in total. The molecule has 0 amide bonds. The number of cyclic esters (lactones) is 1. The van der Waals surface area contributed by atoms with Gasteiger partial charge in [0.1, 0.15) is 11.2 Å². The van der Waals surface area contributed by atoms with Gasteiger partial charge in [-0.2, -0.15) is 0 Å². The van der Waals surface area contributed by atoms with Gasteiger partial charge in [0.15, 0.2) is 0 Å². The van der Waals surface area contributed by atoms with Crippen LogP contribution in [0.15, 0.2) is 35.1 Å². The monoisotopic (exact) mass is 402 g/mol. The van der Waals surface area contributed by atoms with Gasteiger partial charge in [0.25, 0.3) is 0 Å². The van der Waals surface area contributed by atoms with Crippen molar-refractivity contribution in [1.82, 2.24) is 9.88 Å². The number of hydrogen-bond donors (Lipinski definition) is 0. The molecule has 1 fully saturated rings. The van der Waals surface area contributed by atoms with Crippen molar-refractivity contribution in [2.75, 3.05) is 19.7 Å². The fraction of sp³-hybridized carbons (Fsp3) is 0.368. The summed E-state index contributed by atoms with van der Waals surface area (Å²) >= 11 is 3.37. The second-order valence-electron chi connectivity index (χ2n) is 6.47. The quantitative estimate of drug-likeness (QED) is 0.581. The van der Waals surface area contributed by atoms with Gasteiger partial charge in [0, 0.05) is 31.4 Å². The summed E-state index contributed by atoms with van der Waals surface area (Å²) in [7, 11) is 0. The number of nitrogens with zero attached hydrogens (tertiary/aromatic N) is 2. The van der Waals surface area contributed by atoms with E-state index >= 15 is 0 Å². The minimum atomic E-state index is -0.224. The lowest BCUT2D eigenvalue weighted by Crippen LogP contribution is -2.38. The maximum absolute atomic E-state index is 11.7. The number of hydrogen-bond acceptors (Lipinski definition) is 5. The summed E-state index contributed by atoms with van der Waals surface area (Å²) in [6.07, 6.45) is 1.91. The van der Waals surface area contributed by atoms with E-state index in [0.717, 1.165) is 40.9 Å². The molecule has 130 valence electrons. The Balaban J connectivity index is 1.52. The molecule has 1 unspecified atom stereocenters. The maximum atomic E-state index is 11.7. The van der Waals surface area contributed by atoms with Gasteiger partial charge >= 0.3 is 5.97 Å². The number of esters is 1. The number of carbonyl (C=O) groups excluding carboxylic acids is 1. The average Bonchev–Trinajstić information content (AvgIpc) is 3.00. The smallest absolute Gasteiger partial charge is 0.338 e. The molecule has 0 bridgehead atoms. The van der Waals surface area contributed by atoms with Crippen molar-refractivity contribution in [3.05, 3.63) is 62.9 Å². The molecule has 1 saturated heterocycles. The van der Waals surface area contributed by atoms with Crippen LogP contribution in [0.4, 0.5) is 0 Å². The minimum absolute atomic E-state index is 0.0122. The van der Waals surface area contributed by atoms with Crippen LogP contribution in [-0.2, 0) is 22.6 Å². The topological polar surface area (TPSA) is 51.7 Å². The summed E-state index contributed by atoms with van der Waals surface area (Å²) < 4.78 is 12.0. The van der Waals surface area contributed by atoms with E-state index in [4.69, 9.17) is 9.47 Å². The van der Waals surface area contributed by atoms with E-state index < -0.39 is 0 Å². The highest BCUT2D eigenvalue weighted by molar-refractivity contribution is 9.10. The van der Waals surface area contributed by atoms with E-state index in [1.807, 2.05) is 24.4 Å². The van der Waals surface area contributed by atoms with Crippen LogP contribution >= 0.6 is 15.9 Å². The molecule has 2 aromatic rings. The van der Waals surface area contributed by atoms with Crippen LogP contribution in [-0.4, -0.2) is 35.5 Å². The molecule has 2 aliphatic rings. The predicted octanol–water partition coefficient (Wildman–Crippen LogP) is 3.40. The van der Waals surface area contributed by atoms with E-state index in [0.29, 0.717) is 18.8 Å². The Labute approximate surface area is 155 Å². The third-order valence-corrected chi connectivity index (χ3v) is 5.37. The Bertz CT molecular complexity index is 807. The third-order valence-electron chi connectivity index (χ3n) is 4.90. The largest absolute Gasteiger partial charge is 0.457 e. The summed E-state index contributed by atoms with van der Waals surface area (Å²) in [5.41, 5.74) is 5.14. The lowest BCUT2D eigenvalue weighted by Gasteiger charge is -2.34. The Kier molecular flexibility index (Phi) is 4.58. The Hall–Kier alpha value is -1.76. The molecule has 1 aromatic heterocycles. The van der Waals surface area contributed by atoms with Gasteiger partial charge < -0.3 is 9.47 Å². The molecule has 1 aromatic carbocycles. The van der Waals surface area contributed by atoms with Crippen molar-refractivity contribution in [3.63, 3.8) is 0 Å². The summed E-state index contributed by atoms with van der Waals surface area (Å²) in [4.78, 5) is 18.4. The fourth-order valence-corrected chi connectivity index (χ4v) is 3.74. The van der Waals surface area contributed by atoms with Crippen LogP contribution < -0.4 is 0 Å². The first-order valence-electron chi connectivity index (χ1n) is 8.35. The van der Waals surface area contributed by atoms with Crippen molar-refractivity contribution in [2.24, 2.45) is 0 Å². The molecule has 4 rings (SSSR count). The summed E-state index contributed by atoms with van der Waals surface area (Å²) in [5.74, 6) is -0.224. The molecule has 25 heavy (non-hydrogen) atoms. The highest BCUT2D eigenvalue weighted by Crippen LogP contribution is 2.32. The molecule has 0 radical (unpaired) electrons. The Morgan fingerprint density at radius 2 is 2.20 bits per heavy atom. The molecule has 3 heterocycles. The normalized spacial score (nSPS) is 20.4. The summed E-state index contributed by atoms with van der Waals surface area (Å²) in [5, 5.41) is 0. The standard InChI is InChI=1S/C19H19BrN2O3/c1-12-14(3-4-15-16(12)11-25-19(15)23)17-10-22(6-7-24-17)9-13-2-5-18(20)21-8-13/h2-5,8,17H,6-7,9-11H2,1H3. The fourth-order valence-electron chi connectivity index (χ4n) is 3.51. The molecule has 0 spiro atoms. The van der Waals surface area contributed by atoms with E-state index in [2.05, 4.69) is 38.8 Å². The van der Waals surface area contributed by atoms with Gasteiger partial charge in [-0.25, -0.2) is 9.78 Å². The predicted molar refractivity (Wildman–Crippen MR) is 96.2 cm³/mol. The van der Waals surface area contributed by atoms with Gasteiger partial charge in [0.05, 0.1) is 18.3 Å². The number of benzene rings is 1. The Morgan fingerprint density at radius 3 is 3.00 bits per heavy atom. The number of aromatic nitrogens is 1. The lowest BCUT2D eigenvalue weighted by atomic mass is 9.94. The molecular weight excluding hydrogens is 384 g/mol. The number of fused-ring (bicyclic) bond motifs is 1. The van der Waals surface area contributed by atoms with Gasteiger partial charge in [0.2, 0.25) is 0 Å². The molecule has 1 atom stereocenters. The molecule has 5 nitrogen and oxygen atoms in total.